The molecule has 9 atom stereocenters. The van der Waals surface area contributed by atoms with E-state index < -0.39 is 42.4 Å². The molecule has 71 heavy (non-hydrogen) atoms. The van der Waals surface area contributed by atoms with Gasteiger partial charge in [-0.25, -0.2) is 0 Å². The lowest BCUT2D eigenvalue weighted by Crippen LogP contribution is -2.58. The molecule has 16 heteroatoms. The van der Waals surface area contributed by atoms with Gasteiger partial charge in [0, 0.05) is 25.1 Å². The summed E-state index contributed by atoms with van der Waals surface area (Å²) in [6.45, 7) is 6.08. The lowest BCUT2D eigenvalue weighted by Gasteiger charge is -2.33. The van der Waals surface area contributed by atoms with Crippen molar-refractivity contribution in [2.45, 2.75) is 152 Å². The molecular formula is C55H73Cl2N7O7. The van der Waals surface area contributed by atoms with Crippen LogP contribution in [0, 0.1) is 11.8 Å². The smallest absolute Gasteiger partial charge is 0.250 e. The minimum Gasteiger partial charge on any atom is -0.363 e. The third-order valence-electron chi connectivity index (χ3n) is 14.7. The number of carbonyl (C=O) groups is 6. The Labute approximate surface area is 432 Å². The summed E-state index contributed by atoms with van der Waals surface area (Å²) >= 11 is 0. The summed E-state index contributed by atoms with van der Waals surface area (Å²) in [5.74, 6) is 4.72. The first-order valence-electron chi connectivity index (χ1n) is 25.2. The Hall–Kier alpha value is -5.30. The molecule has 2 aliphatic carbocycles. The zero-order valence-electron chi connectivity index (χ0n) is 41.8. The van der Waals surface area contributed by atoms with Gasteiger partial charge in [0.25, 0.3) is 0 Å². The zero-order valence-corrected chi connectivity index (χ0v) is 43.4. The fourth-order valence-electron chi connectivity index (χ4n) is 10.6. The van der Waals surface area contributed by atoms with Crippen molar-refractivity contribution >= 4 is 60.1 Å². The second kappa shape index (κ2) is 26.9. The molecule has 3 aromatic rings. The Morgan fingerprint density at radius 1 is 0.704 bits per heavy atom. The van der Waals surface area contributed by atoms with Gasteiger partial charge >= 0.3 is 0 Å². The van der Waals surface area contributed by atoms with Crippen LogP contribution in [0.25, 0.3) is 0 Å². The maximum Gasteiger partial charge on any atom is 0.250 e. The van der Waals surface area contributed by atoms with E-state index in [1.54, 1.807) is 62.0 Å². The topological polar surface area (TPSA) is 178 Å². The van der Waals surface area contributed by atoms with Crippen molar-refractivity contribution in [2.75, 3.05) is 33.8 Å². The predicted molar refractivity (Wildman–Crippen MR) is 279 cm³/mol. The number of likely N-dealkylation sites (N-methyl/N-ethyl adjacent to an activating group) is 2. The number of ketones is 1. The van der Waals surface area contributed by atoms with E-state index in [1.165, 1.54) is 16.7 Å². The van der Waals surface area contributed by atoms with Gasteiger partial charge in [-0.05, 0) is 144 Å². The van der Waals surface area contributed by atoms with Gasteiger partial charge in [-0.3, -0.25) is 28.8 Å². The van der Waals surface area contributed by atoms with Gasteiger partial charge in [-0.2, -0.15) is 0 Å². The van der Waals surface area contributed by atoms with Crippen molar-refractivity contribution in [3.63, 3.8) is 0 Å². The average Bonchev–Trinajstić information content (AvgIpc) is 4.08. The molecule has 0 saturated carbocycles. The number of carbonyl (C=O) groups excluding carboxylic acids is 6. The summed E-state index contributed by atoms with van der Waals surface area (Å²) in [7, 11) is 3.37. The SMILES string of the molecule is CC[C@H](NC)C(=O)N[C@H](C(=O)N1CCC[C@H]1C(=O)N[C@@H]1CCCc2ccccc21)c1ccc(C#CCO[C@H](C)[C@H](NC(=O)[C@H](C)NC)C(=O)N2CCC[C@H]2C(=O)C[C@@H]2CCCc3ccccc32)cc1.Cl.Cl. The summed E-state index contributed by atoms with van der Waals surface area (Å²) in [4.78, 5) is 86.7. The number of nitrogens with zero attached hydrogens (tertiary/aromatic N) is 2. The normalized spacial score (nSPS) is 21.2. The summed E-state index contributed by atoms with van der Waals surface area (Å²) in [6, 6.07) is 19.0. The molecule has 5 N–H and O–H groups in total. The van der Waals surface area contributed by atoms with E-state index in [-0.39, 0.29) is 78.7 Å². The van der Waals surface area contributed by atoms with E-state index in [2.05, 4.69) is 62.7 Å². The molecule has 0 aromatic heterocycles. The molecule has 0 unspecified atom stereocenters. The third kappa shape index (κ3) is 13.8. The highest BCUT2D eigenvalue weighted by Crippen LogP contribution is 2.36. The van der Waals surface area contributed by atoms with Gasteiger partial charge in [-0.15, -0.1) is 24.8 Å². The molecule has 2 heterocycles. The molecule has 0 radical (unpaired) electrons. The Balaban J connectivity index is 0.00000469. The molecule has 2 aliphatic heterocycles. The minimum atomic E-state index is -1.05. The van der Waals surface area contributed by atoms with E-state index in [1.807, 2.05) is 31.2 Å². The van der Waals surface area contributed by atoms with Crippen LogP contribution in [0.1, 0.15) is 136 Å². The lowest BCUT2D eigenvalue weighted by atomic mass is 9.79. The van der Waals surface area contributed by atoms with Crippen LogP contribution < -0.4 is 26.6 Å². The molecule has 2 saturated heterocycles. The number of nitrogens with one attached hydrogen (secondary N) is 5. The molecule has 0 spiro atoms. The minimum absolute atomic E-state index is 0. The number of benzene rings is 3. The number of aryl methyl sites for hydroxylation is 2. The van der Waals surface area contributed by atoms with Crippen LogP contribution in [0.5, 0.6) is 0 Å². The summed E-state index contributed by atoms with van der Waals surface area (Å²) in [5.41, 5.74) is 6.06. The van der Waals surface area contributed by atoms with Crippen molar-refractivity contribution in [3.05, 3.63) is 106 Å². The number of hydrogen-bond donors (Lipinski definition) is 5. The summed E-state index contributed by atoms with van der Waals surface area (Å²) in [6.07, 6.45) is 8.33. The molecule has 384 valence electrons. The maximum atomic E-state index is 14.5. The standard InChI is InChI=1S/C55H71N7O7.2ClH/c1-6-44(57-5)52(65)60-50(55(68)62-32-14-26-47(62)53(66)58-45-24-12-20-39-18-8-10-23-43(39)45)40-29-27-37(28-30-40)16-15-33-69-36(3)49(59-51(64)35(2)56-4)54(67)61-31-13-25-46(61)48(63)34-41-21-11-19-38-17-7-9-22-42(38)41;;/h7-10,17-18,22-23,27-30,35-36,41,44-47,49-50,56-57H,6,11-14,19-21,24-26,31-34H2,1-5H3,(H,58,66)(H,59,64)(H,60,65);2*1H/t35-,36+,41-,44-,45+,46-,47-,49-,50-;;/m0../s1. The van der Waals surface area contributed by atoms with E-state index >= 15 is 0 Å². The van der Waals surface area contributed by atoms with Crippen LogP contribution >= 0.6 is 24.8 Å². The van der Waals surface area contributed by atoms with Crippen molar-refractivity contribution in [3.8, 4) is 11.8 Å². The van der Waals surface area contributed by atoms with Crippen LogP contribution in [0.15, 0.2) is 72.8 Å². The number of fused-ring (bicyclic) bond motifs is 2. The highest BCUT2D eigenvalue weighted by Gasteiger charge is 2.42. The number of rotatable bonds is 18. The number of likely N-dealkylation sites (tertiary alicyclic amines) is 2. The Morgan fingerprint density at radius 3 is 1.99 bits per heavy atom. The monoisotopic (exact) mass is 1010 g/mol. The van der Waals surface area contributed by atoms with Crippen molar-refractivity contribution in [1.29, 1.82) is 0 Å². The number of halogens is 2. The van der Waals surface area contributed by atoms with Crippen molar-refractivity contribution in [1.82, 2.24) is 36.4 Å². The van der Waals surface area contributed by atoms with E-state index in [9.17, 15) is 28.8 Å². The van der Waals surface area contributed by atoms with Crippen LogP contribution in [0.2, 0.25) is 0 Å². The molecule has 3 aromatic carbocycles. The van der Waals surface area contributed by atoms with Gasteiger partial charge in [0.15, 0.2) is 5.78 Å². The largest absolute Gasteiger partial charge is 0.363 e. The molecule has 7 rings (SSSR count). The van der Waals surface area contributed by atoms with Gasteiger partial charge in [0.2, 0.25) is 29.5 Å². The molecule has 2 fully saturated rings. The fraction of sp³-hybridized carbons (Fsp3) is 0.527. The van der Waals surface area contributed by atoms with E-state index in [0.717, 1.165) is 44.1 Å². The second-order valence-corrected chi connectivity index (χ2v) is 19.1. The van der Waals surface area contributed by atoms with Gasteiger partial charge in [0.05, 0.1) is 30.3 Å². The second-order valence-electron chi connectivity index (χ2n) is 19.1. The fourth-order valence-corrected chi connectivity index (χ4v) is 10.6. The Bertz CT molecular complexity index is 2390. The lowest BCUT2D eigenvalue weighted by molar-refractivity contribution is -0.144. The number of Topliss-reactive ketones (excluding diaryl/α,β-unsaturated/α-hetero) is 1. The molecule has 4 aliphatic rings. The first-order chi connectivity index (χ1) is 33.4. The summed E-state index contributed by atoms with van der Waals surface area (Å²) < 4.78 is 6.13. The third-order valence-corrected chi connectivity index (χ3v) is 14.7. The Morgan fingerprint density at radius 2 is 1.32 bits per heavy atom. The highest BCUT2D eigenvalue weighted by molar-refractivity contribution is 5.95. The zero-order chi connectivity index (χ0) is 49.0. The number of hydrogen-bond acceptors (Lipinski definition) is 9. The van der Waals surface area contributed by atoms with Crippen LogP contribution in [-0.2, 0) is 46.3 Å². The van der Waals surface area contributed by atoms with E-state index in [0.29, 0.717) is 62.7 Å². The first kappa shape index (κ1) is 56.6. The van der Waals surface area contributed by atoms with Crippen LogP contribution in [-0.4, -0.2) is 115 Å². The van der Waals surface area contributed by atoms with Crippen molar-refractivity contribution < 1.29 is 33.5 Å². The van der Waals surface area contributed by atoms with Gasteiger partial charge < -0.3 is 41.1 Å². The quantitative estimate of drug-likeness (QED) is 0.0988. The van der Waals surface area contributed by atoms with E-state index in [4.69, 9.17) is 4.74 Å². The Kier molecular flexibility index (Phi) is 21.5. The van der Waals surface area contributed by atoms with Gasteiger partial charge in [0.1, 0.15) is 24.7 Å². The number of amides is 5. The number of ether oxygens (including phenoxy) is 1. The van der Waals surface area contributed by atoms with Gasteiger partial charge in [-0.1, -0.05) is 79.4 Å². The molecule has 14 nitrogen and oxygen atoms in total. The maximum absolute atomic E-state index is 14.5. The molecule has 5 amide bonds. The summed E-state index contributed by atoms with van der Waals surface area (Å²) in [5, 5.41) is 15.1. The highest BCUT2D eigenvalue weighted by atomic mass is 35.5. The van der Waals surface area contributed by atoms with Crippen molar-refractivity contribution in [2.24, 2.45) is 0 Å². The predicted octanol–water partition coefficient (Wildman–Crippen LogP) is 5.79. The van der Waals surface area contributed by atoms with Crippen LogP contribution in [0.3, 0.4) is 0 Å². The van der Waals surface area contributed by atoms with Crippen LogP contribution in [0.4, 0.5) is 0 Å². The molecular weight excluding hydrogens is 942 g/mol. The molecule has 0 bridgehead atoms. The average molecular weight is 1020 g/mol. The first-order valence-corrected chi connectivity index (χ1v) is 25.2.